The van der Waals surface area contributed by atoms with Crippen LogP contribution in [-0.2, 0) is 0 Å². The zero-order valence-corrected chi connectivity index (χ0v) is 16.9. The van der Waals surface area contributed by atoms with E-state index in [1.54, 1.807) is 0 Å². The van der Waals surface area contributed by atoms with Crippen LogP contribution in [0.5, 0.6) is 0 Å². The van der Waals surface area contributed by atoms with Crippen LogP contribution < -0.4 is 51.4 Å². The van der Waals surface area contributed by atoms with Crippen molar-refractivity contribution in [2.45, 2.75) is 39.5 Å². The van der Waals surface area contributed by atoms with Gasteiger partial charge in [-0.1, -0.05) is 88.4 Å². The Balaban J connectivity index is -0.000000273. The molecule has 0 saturated heterocycles. The number of hydrogen-bond acceptors (Lipinski definition) is 2. The van der Waals surface area contributed by atoms with Crippen LogP contribution in [0.15, 0.2) is 60.7 Å². The maximum atomic E-state index is 6.00. The second-order valence-corrected chi connectivity index (χ2v) is 5.13. The van der Waals surface area contributed by atoms with Gasteiger partial charge < -0.3 is 1.43 Å². The predicted molar refractivity (Wildman–Crippen MR) is 87.4 cm³/mol. The summed E-state index contributed by atoms with van der Waals surface area (Å²) < 4.78 is 0. The maximum Gasteiger partial charge on any atom is 1.00 e. The van der Waals surface area contributed by atoms with Crippen molar-refractivity contribution in [2.24, 2.45) is 0 Å². The Morgan fingerprint density at radius 3 is 1.00 bits per heavy atom. The van der Waals surface area contributed by atoms with E-state index in [1.165, 1.54) is 11.1 Å². The van der Waals surface area contributed by atoms with E-state index in [9.17, 15) is 0 Å². The minimum atomic E-state index is 0. The first-order valence-electron chi connectivity index (χ1n) is 6.91. The molecule has 2 aromatic carbocycles. The topological polar surface area (TPSA) is 40.5 Å². The summed E-state index contributed by atoms with van der Waals surface area (Å²) >= 11 is 0. The molecule has 0 unspecified atom stereocenters. The molecule has 0 fully saturated rings. The van der Waals surface area contributed by atoms with Gasteiger partial charge in [0.15, 0.2) is 0 Å². The monoisotopic (exact) mass is 314 g/mol. The fourth-order valence-electron chi connectivity index (χ4n) is 1.68. The third kappa shape index (κ3) is 11.2. The molecular formula is C18H27KO2. The second-order valence-electron chi connectivity index (χ2n) is 5.13. The molecule has 0 aliphatic carbocycles. The first-order valence-corrected chi connectivity index (χ1v) is 6.91. The van der Waals surface area contributed by atoms with Gasteiger partial charge in [-0.25, -0.2) is 0 Å². The molecule has 0 aromatic heterocycles. The van der Waals surface area contributed by atoms with E-state index in [-0.39, 0.29) is 52.8 Å². The van der Waals surface area contributed by atoms with Gasteiger partial charge >= 0.3 is 51.4 Å². The van der Waals surface area contributed by atoms with E-state index in [0.717, 1.165) is 0 Å². The quantitative estimate of drug-likeness (QED) is 0.508. The summed E-state index contributed by atoms with van der Waals surface area (Å²) in [5.41, 5.74) is 2.83. The van der Waals surface area contributed by atoms with Gasteiger partial charge in [-0.15, -0.1) is 0 Å². The molecule has 0 amide bonds. The largest absolute Gasteiger partial charge is 1.00 e. The smallest absolute Gasteiger partial charge is 1.00 e. The van der Waals surface area contributed by atoms with Crippen LogP contribution >= 0.6 is 0 Å². The van der Waals surface area contributed by atoms with Crippen LogP contribution in [-0.4, -0.2) is 10.5 Å². The summed E-state index contributed by atoms with van der Waals surface area (Å²) in [6.45, 7) is 8.81. The van der Waals surface area contributed by atoms with Crippen molar-refractivity contribution in [3.05, 3.63) is 71.8 Å². The maximum absolute atomic E-state index is 6.00. The van der Waals surface area contributed by atoms with Gasteiger partial charge in [0.05, 0.1) is 0 Å². The fourth-order valence-corrected chi connectivity index (χ4v) is 1.68. The normalized spacial score (nSPS) is 8.95. The molecule has 0 spiro atoms. The summed E-state index contributed by atoms with van der Waals surface area (Å²) in [4.78, 5) is 0. The molecule has 21 heavy (non-hydrogen) atoms. The average Bonchev–Trinajstić information content (AvgIpc) is 2.51. The molecule has 2 N–H and O–H groups in total. The van der Waals surface area contributed by atoms with Crippen molar-refractivity contribution in [3.8, 4) is 0 Å². The minimum absolute atomic E-state index is 0. The predicted octanol–water partition coefficient (Wildman–Crippen LogP) is 2.75. The summed E-state index contributed by atoms with van der Waals surface area (Å²) in [5, 5.41) is 12.0. The standard InChI is InChI=1S/2C9H12.K.H2O2.H/c2*1-8(2)9-6-4-3-5-7-9;;1-2;/h2*3-8H,1-2H3;;1-2H;/q;;+1;;-1. The number of benzene rings is 2. The zero-order valence-electron chi connectivity index (χ0n) is 14.8. The van der Waals surface area contributed by atoms with Gasteiger partial charge in [0.2, 0.25) is 0 Å². The van der Waals surface area contributed by atoms with Crippen molar-refractivity contribution in [1.29, 1.82) is 0 Å². The van der Waals surface area contributed by atoms with Gasteiger partial charge in [-0.3, -0.25) is 10.5 Å². The van der Waals surface area contributed by atoms with Crippen molar-refractivity contribution >= 4 is 0 Å². The number of hydrogen-bond donors (Lipinski definition) is 2. The van der Waals surface area contributed by atoms with Crippen LogP contribution in [0.1, 0.15) is 52.1 Å². The third-order valence-electron chi connectivity index (χ3n) is 2.93. The summed E-state index contributed by atoms with van der Waals surface area (Å²) in [7, 11) is 0. The molecule has 0 bridgehead atoms. The van der Waals surface area contributed by atoms with E-state index >= 15 is 0 Å². The van der Waals surface area contributed by atoms with E-state index in [1.807, 2.05) is 12.1 Å². The molecule has 0 radical (unpaired) electrons. The Hall–Kier alpha value is -0.00364. The Labute approximate surface area is 173 Å². The van der Waals surface area contributed by atoms with Gasteiger partial charge in [0, 0.05) is 0 Å². The van der Waals surface area contributed by atoms with Crippen LogP contribution in [0.3, 0.4) is 0 Å². The summed E-state index contributed by atoms with van der Waals surface area (Å²) in [6, 6.07) is 21.0. The molecular weight excluding hydrogens is 287 g/mol. The molecule has 2 nitrogen and oxygen atoms in total. The molecule has 0 aliphatic rings. The van der Waals surface area contributed by atoms with E-state index in [4.69, 9.17) is 10.5 Å². The van der Waals surface area contributed by atoms with Gasteiger partial charge in [-0.2, -0.15) is 0 Å². The molecule has 112 valence electrons. The van der Waals surface area contributed by atoms with Gasteiger partial charge in [0.1, 0.15) is 0 Å². The van der Waals surface area contributed by atoms with Crippen molar-refractivity contribution < 1.29 is 63.3 Å². The molecule has 0 atom stereocenters. The zero-order chi connectivity index (χ0) is 15.4. The van der Waals surface area contributed by atoms with Crippen molar-refractivity contribution in [3.63, 3.8) is 0 Å². The molecule has 2 rings (SSSR count). The van der Waals surface area contributed by atoms with Gasteiger partial charge in [-0.05, 0) is 23.0 Å². The summed E-state index contributed by atoms with van der Waals surface area (Å²) in [6.07, 6.45) is 0. The molecule has 0 saturated carbocycles. The molecule has 3 heteroatoms. The van der Waals surface area contributed by atoms with Crippen LogP contribution in [0.4, 0.5) is 0 Å². The Kier molecular flexibility index (Phi) is 16.5. The second kappa shape index (κ2) is 14.9. The van der Waals surface area contributed by atoms with E-state index < -0.39 is 0 Å². The Bertz CT molecular complexity index is 390. The minimum Gasteiger partial charge on any atom is -1.00 e. The Morgan fingerprint density at radius 1 is 0.619 bits per heavy atom. The van der Waals surface area contributed by atoms with E-state index in [2.05, 4.69) is 76.2 Å². The molecule has 2 aromatic rings. The first kappa shape index (κ1) is 23.3. The van der Waals surface area contributed by atoms with Crippen LogP contribution in [0.2, 0.25) is 0 Å². The van der Waals surface area contributed by atoms with Crippen LogP contribution in [0, 0.1) is 0 Å². The fraction of sp³-hybridized carbons (Fsp3) is 0.333. The third-order valence-corrected chi connectivity index (χ3v) is 2.93. The van der Waals surface area contributed by atoms with E-state index in [0.29, 0.717) is 11.8 Å². The average molecular weight is 315 g/mol. The molecule has 0 heterocycles. The summed E-state index contributed by atoms with van der Waals surface area (Å²) in [5.74, 6) is 1.32. The first-order chi connectivity index (χ1) is 9.61. The number of rotatable bonds is 2. The molecule has 0 aliphatic heterocycles. The van der Waals surface area contributed by atoms with Gasteiger partial charge in [0.25, 0.3) is 0 Å². The van der Waals surface area contributed by atoms with Crippen molar-refractivity contribution in [2.75, 3.05) is 0 Å². The Morgan fingerprint density at radius 2 is 0.857 bits per heavy atom. The SMILES string of the molecule is CC(C)c1ccccc1.CC(C)c1ccccc1.OO.[H-].[K+]. The van der Waals surface area contributed by atoms with Crippen LogP contribution in [0.25, 0.3) is 0 Å². The van der Waals surface area contributed by atoms with Crippen molar-refractivity contribution in [1.82, 2.24) is 0 Å².